The Kier molecular flexibility index (Phi) is 28.1. The van der Waals surface area contributed by atoms with E-state index in [1.54, 1.807) is 6.92 Å². The molecule has 0 saturated carbocycles. The van der Waals surface area contributed by atoms with Crippen molar-refractivity contribution >= 4 is 5.97 Å². The first-order valence-electron chi connectivity index (χ1n) is 16.5. The van der Waals surface area contributed by atoms with Crippen molar-refractivity contribution in [2.75, 3.05) is 0 Å². The molecular weight excluding hydrogens is 440 g/mol. The highest BCUT2D eigenvalue weighted by molar-refractivity contribution is 5.87. The summed E-state index contributed by atoms with van der Waals surface area (Å²) in [6, 6.07) is 0. The van der Waals surface area contributed by atoms with E-state index in [-0.39, 0.29) is 12.1 Å². The molecule has 214 valence electrons. The molecule has 2 nitrogen and oxygen atoms in total. The standard InChI is InChI=1S/C34H66O2/c1-5-7-9-11-13-15-17-18-19-20-21-23-25-27-29-31-33(36-34(35)32(3)4)30-28-26-24-22-16-14-12-10-8-6-2/h33H,3,5-31H2,1-2,4H3. The monoisotopic (exact) mass is 507 g/mol. The van der Waals surface area contributed by atoms with Crippen LogP contribution in [0.25, 0.3) is 0 Å². The van der Waals surface area contributed by atoms with Gasteiger partial charge in [-0.2, -0.15) is 0 Å². The number of unbranched alkanes of at least 4 members (excludes halogenated alkanes) is 23. The summed E-state index contributed by atoms with van der Waals surface area (Å²) < 4.78 is 5.78. The average Bonchev–Trinajstić information content (AvgIpc) is 2.87. The maximum absolute atomic E-state index is 12.1. The Balaban J connectivity index is 3.71. The summed E-state index contributed by atoms with van der Waals surface area (Å²) in [5, 5.41) is 0. The van der Waals surface area contributed by atoms with Gasteiger partial charge in [-0.15, -0.1) is 0 Å². The van der Waals surface area contributed by atoms with Crippen LogP contribution in [0.5, 0.6) is 0 Å². The van der Waals surface area contributed by atoms with Crippen LogP contribution in [0, 0.1) is 0 Å². The zero-order chi connectivity index (χ0) is 26.5. The van der Waals surface area contributed by atoms with Gasteiger partial charge in [0.1, 0.15) is 6.10 Å². The van der Waals surface area contributed by atoms with Gasteiger partial charge >= 0.3 is 5.97 Å². The van der Waals surface area contributed by atoms with Gasteiger partial charge in [0.05, 0.1) is 0 Å². The first-order valence-corrected chi connectivity index (χ1v) is 16.5. The number of esters is 1. The second-order valence-electron chi connectivity index (χ2n) is 11.5. The molecule has 0 aliphatic carbocycles. The molecule has 0 aromatic rings. The highest BCUT2D eigenvalue weighted by atomic mass is 16.5. The summed E-state index contributed by atoms with van der Waals surface area (Å²) in [4.78, 5) is 12.1. The Bertz CT molecular complexity index is 470. The van der Waals surface area contributed by atoms with E-state index in [0.717, 1.165) is 12.8 Å². The van der Waals surface area contributed by atoms with Gasteiger partial charge in [0.2, 0.25) is 0 Å². The van der Waals surface area contributed by atoms with Crippen LogP contribution in [0.2, 0.25) is 0 Å². The van der Waals surface area contributed by atoms with E-state index >= 15 is 0 Å². The van der Waals surface area contributed by atoms with Crippen LogP contribution in [0.4, 0.5) is 0 Å². The van der Waals surface area contributed by atoms with Gasteiger partial charge in [0.25, 0.3) is 0 Å². The van der Waals surface area contributed by atoms with Gasteiger partial charge in [-0.1, -0.05) is 168 Å². The number of carbonyl (C=O) groups is 1. The van der Waals surface area contributed by atoms with E-state index in [1.807, 2.05) is 0 Å². The predicted molar refractivity (Wildman–Crippen MR) is 161 cm³/mol. The molecule has 0 bridgehead atoms. The first kappa shape index (κ1) is 35.2. The number of ether oxygens (including phenoxy) is 1. The zero-order valence-electron chi connectivity index (χ0n) is 25.2. The molecule has 0 heterocycles. The van der Waals surface area contributed by atoms with Gasteiger partial charge in [-0.05, 0) is 32.6 Å². The molecule has 0 spiro atoms. The van der Waals surface area contributed by atoms with Gasteiger partial charge < -0.3 is 4.74 Å². The minimum Gasteiger partial charge on any atom is -0.459 e. The van der Waals surface area contributed by atoms with Gasteiger partial charge in [0, 0.05) is 5.57 Å². The Hall–Kier alpha value is -0.790. The molecule has 0 aliphatic rings. The smallest absolute Gasteiger partial charge is 0.333 e. The molecule has 0 aliphatic heterocycles. The molecule has 0 saturated heterocycles. The first-order chi connectivity index (χ1) is 17.6. The topological polar surface area (TPSA) is 26.3 Å². The summed E-state index contributed by atoms with van der Waals surface area (Å²) in [5.41, 5.74) is 0.527. The van der Waals surface area contributed by atoms with Crippen molar-refractivity contribution in [1.82, 2.24) is 0 Å². The number of hydrogen-bond donors (Lipinski definition) is 0. The minimum absolute atomic E-state index is 0.0882. The maximum atomic E-state index is 12.1. The predicted octanol–water partition coefficient (Wildman–Crippen LogP) is 12.0. The Labute approximate surface area is 227 Å². The van der Waals surface area contributed by atoms with Crippen molar-refractivity contribution in [3.63, 3.8) is 0 Å². The second-order valence-corrected chi connectivity index (χ2v) is 11.5. The SMILES string of the molecule is C=C(C)C(=O)OC(CCCCCCCCCCCC)CCCCCCCCCCCCCCCCC. The lowest BCUT2D eigenvalue weighted by Crippen LogP contribution is -2.18. The molecule has 0 aromatic heterocycles. The zero-order valence-corrected chi connectivity index (χ0v) is 25.2. The fraction of sp³-hybridized carbons (Fsp3) is 0.912. The normalized spacial score (nSPS) is 12.1. The number of hydrogen-bond acceptors (Lipinski definition) is 2. The van der Waals surface area contributed by atoms with Crippen LogP contribution in [0.15, 0.2) is 12.2 Å². The molecule has 1 unspecified atom stereocenters. The molecule has 0 radical (unpaired) electrons. The van der Waals surface area contributed by atoms with E-state index in [1.165, 1.54) is 161 Å². The minimum atomic E-state index is -0.201. The third kappa shape index (κ3) is 26.3. The highest BCUT2D eigenvalue weighted by Crippen LogP contribution is 2.19. The summed E-state index contributed by atoms with van der Waals surface area (Å²) in [6.45, 7) is 10.1. The molecular formula is C34H66O2. The largest absolute Gasteiger partial charge is 0.459 e. The van der Waals surface area contributed by atoms with Crippen molar-refractivity contribution in [3.05, 3.63) is 12.2 Å². The lowest BCUT2D eigenvalue weighted by molar-refractivity contribution is -0.145. The molecule has 2 heteroatoms. The van der Waals surface area contributed by atoms with E-state index < -0.39 is 0 Å². The lowest BCUT2D eigenvalue weighted by atomic mass is 10.0. The molecule has 0 aromatic carbocycles. The lowest BCUT2D eigenvalue weighted by Gasteiger charge is -2.18. The van der Waals surface area contributed by atoms with Crippen LogP contribution in [-0.4, -0.2) is 12.1 Å². The Morgan fingerprint density at radius 2 is 0.750 bits per heavy atom. The van der Waals surface area contributed by atoms with Crippen molar-refractivity contribution in [1.29, 1.82) is 0 Å². The average molecular weight is 507 g/mol. The Morgan fingerprint density at radius 1 is 0.500 bits per heavy atom. The molecule has 0 fully saturated rings. The van der Waals surface area contributed by atoms with Crippen molar-refractivity contribution < 1.29 is 9.53 Å². The fourth-order valence-electron chi connectivity index (χ4n) is 5.12. The molecule has 0 amide bonds. The molecule has 36 heavy (non-hydrogen) atoms. The summed E-state index contributed by atoms with van der Waals surface area (Å²) in [7, 11) is 0. The van der Waals surface area contributed by atoms with E-state index in [2.05, 4.69) is 20.4 Å². The van der Waals surface area contributed by atoms with Crippen LogP contribution >= 0.6 is 0 Å². The summed E-state index contributed by atoms with van der Waals surface area (Å²) in [5.74, 6) is -0.201. The maximum Gasteiger partial charge on any atom is 0.333 e. The van der Waals surface area contributed by atoms with Crippen LogP contribution in [-0.2, 0) is 9.53 Å². The van der Waals surface area contributed by atoms with E-state index in [0.29, 0.717) is 5.57 Å². The van der Waals surface area contributed by atoms with Crippen LogP contribution < -0.4 is 0 Å². The summed E-state index contributed by atoms with van der Waals surface area (Å²) in [6.07, 6.45) is 36.4. The Morgan fingerprint density at radius 3 is 1.00 bits per heavy atom. The highest BCUT2D eigenvalue weighted by Gasteiger charge is 2.14. The number of rotatable bonds is 29. The molecule has 0 rings (SSSR count). The molecule has 0 N–H and O–H groups in total. The van der Waals surface area contributed by atoms with Crippen molar-refractivity contribution in [2.24, 2.45) is 0 Å². The third-order valence-corrected chi connectivity index (χ3v) is 7.63. The van der Waals surface area contributed by atoms with E-state index in [9.17, 15) is 4.79 Å². The quantitative estimate of drug-likeness (QED) is 0.0572. The molecule has 1 atom stereocenters. The van der Waals surface area contributed by atoms with Gasteiger partial charge in [0.15, 0.2) is 0 Å². The van der Waals surface area contributed by atoms with Crippen molar-refractivity contribution in [2.45, 2.75) is 200 Å². The summed E-state index contributed by atoms with van der Waals surface area (Å²) >= 11 is 0. The van der Waals surface area contributed by atoms with Gasteiger partial charge in [-0.25, -0.2) is 4.79 Å². The van der Waals surface area contributed by atoms with Gasteiger partial charge in [-0.3, -0.25) is 0 Å². The van der Waals surface area contributed by atoms with Crippen molar-refractivity contribution in [3.8, 4) is 0 Å². The van der Waals surface area contributed by atoms with Crippen LogP contribution in [0.1, 0.15) is 194 Å². The van der Waals surface area contributed by atoms with Crippen LogP contribution in [0.3, 0.4) is 0 Å². The third-order valence-electron chi connectivity index (χ3n) is 7.63. The fourth-order valence-corrected chi connectivity index (χ4v) is 5.12. The van der Waals surface area contributed by atoms with E-state index in [4.69, 9.17) is 4.74 Å². The number of carbonyl (C=O) groups excluding carboxylic acids is 1. The second kappa shape index (κ2) is 28.8.